The standard InChI is InChI=1S/C25H22BrClN4O5S/c26-17-8-13-23-29-24(25(30(23)15-17)28-18-4-2-1-3-5-18)16-6-9-19(10-7-16)36-37(34,35)20-11-12-21(27)22(14-20)31(32)33/h6-15,18,28H,1-5H2. The summed E-state index contributed by atoms with van der Waals surface area (Å²) in [5.41, 5.74) is 1.79. The molecule has 0 bridgehead atoms. The summed E-state index contributed by atoms with van der Waals surface area (Å²) in [6.45, 7) is 0. The molecule has 1 fully saturated rings. The molecule has 0 saturated heterocycles. The molecule has 2 heterocycles. The van der Waals surface area contributed by atoms with Gasteiger partial charge < -0.3 is 9.50 Å². The Labute approximate surface area is 226 Å². The van der Waals surface area contributed by atoms with E-state index in [2.05, 4.69) is 21.2 Å². The van der Waals surface area contributed by atoms with Crippen LogP contribution in [-0.2, 0) is 10.1 Å². The van der Waals surface area contributed by atoms with Crippen molar-refractivity contribution in [2.75, 3.05) is 5.32 Å². The number of halogens is 2. The number of hydrogen-bond acceptors (Lipinski definition) is 7. The monoisotopic (exact) mass is 604 g/mol. The third kappa shape index (κ3) is 5.43. The zero-order chi connectivity index (χ0) is 26.2. The molecule has 0 aliphatic heterocycles. The number of hydrogen-bond donors (Lipinski definition) is 1. The van der Waals surface area contributed by atoms with E-state index in [1.807, 2.05) is 22.7 Å². The molecule has 0 spiro atoms. The number of nitrogens with one attached hydrogen (secondary N) is 1. The van der Waals surface area contributed by atoms with E-state index in [4.69, 9.17) is 20.8 Å². The minimum absolute atomic E-state index is 0.0645. The molecule has 2 aromatic carbocycles. The van der Waals surface area contributed by atoms with E-state index >= 15 is 0 Å². The van der Waals surface area contributed by atoms with Gasteiger partial charge >= 0.3 is 10.1 Å². The molecule has 0 atom stereocenters. The summed E-state index contributed by atoms with van der Waals surface area (Å²) in [5, 5.41) is 14.7. The summed E-state index contributed by atoms with van der Waals surface area (Å²) in [5.74, 6) is 0.938. The zero-order valence-electron chi connectivity index (χ0n) is 19.4. The van der Waals surface area contributed by atoms with Crippen LogP contribution < -0.4 is 9.50 Å². The number of nitro groups is 1. The Bertz CT molecular complexity index is 1580. The van der Waals surface area contributed by atoms with Gasteiger partial charge in [-0.15, -0.1) is 0 Å². The lowest BCUT2D eigenvalue weighted by Gasteiger charge is -2.24. The number of imidazole rings is 1. The maximum Gasteiger partial charge on any atom is 0.339 e. The van der Waals surface area contributed by atoms with Crippen molar-refractivity contribution in [2.45, 2.75) is 43.0 Å². The number of aromatic nitrogens is 2. The molecule has 9 nitrogen and oxygen atoms in total. The summed E-state index contributed by atoms with van der Waals surface area (Å²) in [4.78, 5) is 14.8. The van der Waals surface area contributed by atoms with Gasteiger partial charge in [-0.05, 0) is 77.3 Å². The van der Waals surface area contributed by atoms with Crippen LogP contribution in [0.5, 0.6) is 5.75 Å². The number of pyridine rings is 1. The van der Waals surface area contributed by atoms with Crippen molar-refractivity contribution in [2.24, 2.45) is 0 Å². The smallest absolute Gasteiger partial charge is 0.339 e. The molecule has 1 aliphatic carbocycles. The molecule has 4 aromatic rings. The molecule has 0 amide bonds. The average Bonchev–Trinajstić information content (AvgIpc) is 3.22. The number of nitrogens with zero attached hydrogens (tertiary/aromatic N) is 3. The Balaban J connectivity index is 1.44. The first-order valence-electron chi connectivity index (χ1n) is 11.6. The van der Waals surface area contributed by atoms with E-state index < -0.39 is 20.7 Å². The van der Waals surface area contributed by atoms with E-state index in [0.29, 0.717) is 6.04 Å². The Hall–Kier alpha value is -3.15. The molecule has 1 N–H and O–H groups in total. The van der Waals surface area contributed by atoms with Gasteiger partial charge in [0.2, 0.25) is 0 Å². The Morgan fingerprint density at radius 2 is 1.81 bits per heavy atom. The third-order valence-corrected chi connectivity index (χ3v) is 8.30. The van der Waals surface area contributed by atoms with E-state index in [1.54, 1.807) is 12.1 Å². The van der Waals surface area contributed by atoms with E-state index in [9.17, 15) is 18.5 Å². The minimum Gasteiger partial charge on any atom is -0.379 e. The minimum atomic E-state index is -4.32. The highest BCUT2D eigenvalue weighted by atomic mass is 79.9. The third-order valence-electron chi connectivity index (χ3n) is 6.27. The van der Waals surface area contributed by atoms with Gasteiger partial charge in [0, 0.05) is 28.3 Å². The Morgan fingerprint density at radius 3 is 2.51 bits per heavy atom. The van der Waals surface area contributed by atoms with Crippen LogP contribution in [0.2, 0.25) is 5.02 Å². The van der Waals surface area contributed by atoms with Crippen LogP contribution in [0.3, 0.4) is 0 Å². The van der Waals surface area contributed by atoms with Crippen LogP contribution in [0.25, 0.3) is 16.9 Å². The number of anilines is 1. The molecule has 192 valence electrons. The van der Waals surface area contributed by atoms with E-state index in [-0.39, 0.29) is 15.7 Å². The number of fused-ring (bicyclic) bond motifs is 1. The lowest BCUT2D eigenvalue weighted by molar-refractivity contribution is -0.384. The first-order valence-corrected chi connectivity index (χ1v) is 14.2. The molecule has 1 aliphatic rings. The molecular weight excluding hydrogens is 584 g/mol. The zero-order valence-corrected chi connectivity index (χ0v) is 22.6. The van der Waals surface area contributed by atoms with Gasteiger partial charge in [-0.1, -0.05) is 30.9 Å². The van der Waals surface area contributed by atoms with Gasteiger partial charge in [-0.3, -0.25) is 14.5 Å². The van der Waals surface area contributed by atoms with Crippen molar-refractivity contribution < 1.29 is 17.5 Å². The van der Waals surface area contributed by atoms with E-state index in [1.165, 1.54) is 31.4 Å². The molecule has 2 aromatic heterocycles. The van der Waals surface area contributed by atoms with Crippen LogP contribution in [0, 0.1) is 10.1 Å². The van der Waals surface area contributed by atoms with Crippen LogP contribution in [0.15, 0.2) is 70.2 Å². The molecule has 0 unspecified atom stereocenters. The molecule has 0 radical (unpaired) electrons. The average molecular weight is 606 g/mol. The fourth-order valence-electron chi connectivity index (χ4n) is 4.43. The van der Waals surface area contributed by atoms with E-state index in [0.717, 1.165) is 58.2 Å². The summed E-state index contributed by atoms with van der Waals surface area (Å²) in [6.07, 6.45) is 7.77. The summed E-state index contributed by atoms with van der Waals surface area (Å²) in [6, 6.07) is 13.9. The second-order valence-corrected chi connectivity index (χ2v) is 11.7. The lowest BCUT2D eigenvalue weighted by atomic mass is 9.95. The van der Waals surface area contributed by atoms with Crippen molar-refractivity contribution in [3.63, 3.8) is 0 Å². The van der Waals surface area contributed by atoms with Crippen molar-refractivity contribution in [1.82, 2.24) is 9.38 Å². The molecule has 1 saturated carbocycles. The van der Waals surface area contributed by atoms with Gasteiger partial charge in [0.15, 0.2) is 0 Å². The van der Waals surface area contributed by atoms with Crippen LogP contribution >= 0.6 is 27.5 Å². The van der Waals surface area contributed by atoms with Crippen molar-refractivity contribution in [3.8, 4) is 17.0 Å². The van der Waals surface area contributed by atoms with Crippen molar-refractivity contribution in [1.29, 1.82) is 0 Å². The predicted molar refractivity (Wildman–Crippen MR) is 145 cm³/mol. The largest absolute Gasteiger partial charge is 0.379 e. The van der Waals surface area contributed by atoms with Crippen molar-refractivity contribution in [3.05, 3.63) is 80.4 Å². The normalized spacial score (nSPS) is 14.5. The summed E-state index contributed by atoms with van der Waals surface area (Å²) in [7, 11) is -4.32. The molecule has 5 rings (SSSR count). The summed E-state index contributed by atoms with van der Waals surface area (Å²) >= 11 is 9.33. The quantitative estimate of drug-likeness (QED) is 0.139. The Morgan fingerprint density at radius 1 is 1.08 bits per heavy atom. The second-order valence-electron chi connectivity index (χ2n) is 8.80. The highest BCUT2D eigenvalue weighted by Crippen LogP contribution is 2.34. The SMILES string of the molecule is O=[N+]([O-])c1cc(S(=O)(=O)Oc2ccc(-c3nc4ccc(Br)cn4c3NC3CCCCC3)cc2)ccc1Cl. The highest BCUT2D eigenvalue weighted by molar-refractivity contribution is 9.10. The lowest BCUT2D eigenvalue weighted by Crippen LogP contribution is -2.23. The first-order chi connectivity index (χ1) is 17.7. The maximum atomic E-state index is 12.7. The van der Waals surface area contributed by atoms with Crippen LogP contribution in [-0.4, -0.2) is 28.8 Å². The summed E-state index contributed by atoms with van der Waals surface area (Å²) < 4.78 is 33.7. The van der Waals surface area contributed by atoms with Crippen LogP contribution in [0.4, 0.5) is 11.5 Å². The Kier molecular flexibility index (Phi) is 7.11. The molecule has 37 heavy (non-hydrogen) atoms. The highest BCUT2D eigenvalue weighted by Gasteiger charge is 2.23. The van der Waals surface area contributed by atoms with Gasteiger partial charge in [-0.25, -0.2) is 4.98 Å². The predicted octanol–water partition coefficient (Wildman–Crippen LogP) is 6.84. The number of rotatable bonds is 7. The van der Waals surface area contributed by atoms with Gasteiger partial charge in [0.05, 0.1) is 4.92 Å². The first kappa shape index (κ1) is 25.5. The topological polar surface area (TPSA) is 116 Å². The van der Waals surface area contributed by atoms with Gasteiger partial charge in [0.25, 0.3) is 5.69 Å². The fourth-order valence-corrected chi connectivity index (χ4v) is 5.90. The fraction of sp³-hybridized carbons (Fsp3) is 0.240. The van der Waals surface area contributed by atoms with Gasteiger partial charge in [-0.2, -0.15) is 8.42 Å². The number of benzene rings is 2. The maximum absolute atomic E-state index is 12.7. The van der Waals surface area contributed by atoms with Crippen LogP contribution in [0.1, 0.15) is 32.1 Å². The number of nitro benzene ring substituents is 1. The van der Waals surface area contributed by atoms with Crippen molar-refractivity contribution >= 4 is 54.8 Å². The molecule has 12 heteroatoms. The molecular formula is C25H22BrClN4O5S. The van der Waals surface area contributed by atoms with Gasteiger partial charge in [0.1, 0.15) is 32.8 Å². The second kappa shape index (κ2) is 10.3.